The maximum absolute atomic E-state index is 12.7. The molecule has 3 rings (SSSR count). The highest BCUT2D eigenvalue weighted by Gasteiger charge is 2.30. The van der Waals surface area contributed by atoms with Gasteiger partial charge in [0.15, 0.2) is 10.8 Å². The van der Waals surface area contributed by atoms with Crippen LogP contribution in [0.3, 0.4) is 0 Å². The minimum atomic E-state index is -3.94. The van der Waals surface area contributed by atoms with Crippen LogP contribution in [0.5, 0.6) is 0 Å². The Bertz CT molecular complexity index is 898. The number of fused-ring (bicyclic) bond motifs is 1. The molecule has 0 aromatic carbocycles. The van der Waals surface area contributed by atoms with Gasteiger partial charge in [-0.25, -0.2) is 4.79 Å². The molecule has 0 radical (unpaired) electrons. The van der Waals surface area contributed by atoms with Crippen molar-refractivity contribution in [3.05, 3.63) is 23.0 Å². The predicted molar refractivity (Wildman–Crippen MR) is 81.9 cm³/mol. The smallest absolute Gasteiger partial charge is 0.356 e. The zero-order valence-corrected chi connectivity index (χ0v) is 14.3. The van der Waals surface area contributed by atoms with Crippen molar-refractivity contribution in [3.8, 4) is 0 Å². The van der Waals surface area contributed by atoms with E-state index in [4.69, 9.17) is 4.74 Å². The minimum Gasteiger partial charge on any atom is -0.464 e. The monoisotopic (exact) mass is 355 g/mol. The number of nitrogens with one attached hydrogen (secondary N) is 1. The van der Waals surface area contributed by atoms with Gasteiger partial charge in [0, 0.05) is 32.1 Å². The van der Waals surface area contributed by atoms with E-state index in [9.17, 15) is 13.2 Å². The van der Waals surface area contributed by atoms with Gasteiger partial charge < -0.3 is 9.47 Å². The molecule has 0 saturated heterocycles. The molecule has 10 nitrogen and oxygen atoms in total. The molecule has 130 valence electrons. The Morgan fingerprint density at radius 1 is 1.33 bits per heavy atom. The summed E-state index contributed by atoms with van der Waals surface area (Å²) in [6.45, 7) is 0.703. The molecular formula is C13H17N5O5S. The van der Waals surface area contributed by atoms with Crippen molar-refractivity contribution < 1.29 is 22.7 Å². The normalized spacial score (nSPS) is 14.3. The molecule has 3 heterocycles. The van der Waals surface area contributed by atoms with Crippen molar-refractivity contribution in [1.29, 1.82) is 0 Å². The van der Waals surface area contributed by atoms with Gasteiger partial charge in [0.2, 0.25) is 0 Å². The van der Waals surface area contributed by atoms with Crippen LogP contribution in [-0.4, -0.2) is 47.7 Å². The minimum absolute atomic E-state index is 0.0181. The molecule has 0 saturated carbocycles. The standard InChI is InChI=1S/C13H17N5O5S/c1-17-10(13(19)22-3)6-11(15-17)16-24(20,21)12-8-7-23-5-4-9(8)14-18(12)2/h6H,4-5,7H2,1-3H3,(H,15,16). The van der Waals surface area contributed by atoms with Crippen LogP contribution >= 0.6 is 0 Å². The Morgan fingerprint density at radius 3 is 2.79 bits per heavy atom. The van der Waals surface area contributed by atoms with Crippen molar-refractivity contribution >= 4 is 21.8 Å². The Kier molecular flexibility index (Phi) is 4.05. The van der Waals surface area contributed by atoms with Gasteiger partial charge in [0.25, 0.3) is 10.0 Å². The lowest BCUT2D eigenvalue weighted by Gasteiger charge is -2.12. The Balaban J connectivity index is 1.96. The topological polar surface area (TPSA) is 117 Å². The van der Waals surface area contributed by atoms with E-state index in [1.807, 2.05) is 0 Å². The summed E-state index contributed by atoms with van der Waals surface area (Å²) >= 11 is 0. The third-order valence-electron chi connectivity index (χ3n) is 3.67. The van der Waals surface area contributed by atoms with Crippen molar-refractivity contribution in [2.75, 3.05) is 18.4 Å². The summed E-state index contributed by atoms with van der Waals surface area (Å²) in [5, 5.41) is 8.25. The van der Waals surface area contributed by atoms with Crippen molar-refractivity contribution in [3.63, 3.8) is 0 Å². The summed E-state index contributed by atoms with van der Waals surface area (Å²) in [4.78, 5) is 11.6. The molecule has 1 N–H and O–H groups in total. The highest BCUT2D eigenvalue weighted by Crippen LogP contribution is 2.25. The second-order valence-electron chi connectivity index (χ2n) is 5.29. The second kappa shape index (κ2) is 5.91. The molecule has 0 unspecified atom stereocenters. The van der Waals surface area contributed by atoms with Crippen LogP contribution < -0.4 is 4.72 Å². The van der Waals surface area contributed by atoms with Gasteiger partial charge in [-0.05, 0) is 0 Å². The summed E-state index contributed by atoms with van der Waals surface area (Å²) in [6, 6.07) is 1.31. The van der Waals surface area contributed by atoms with Crippen molar-refractivity contribution in [2.45, 2.75) is 18.1 Å². The molecule has 1 aliphatic rings. The van der Waals surface area contributed by atoms with Crippen LogP contribution in [0.15, 0.2) is 11.1 Å². The van der Waals surface area contributed by atoms with Gasteiger partial charge >= 0.3 is 5.97 Å². The second-order valence-corrected chi connectivity index (χ2v) is 6.89. The predicted octanol–water partition coefficient (Wildman–Crippen LogP) is -0.186. The van der Waals surface area contributed by atoms with Gasteiger partial charge in [0.05, 0.1) is 26.0 Å². The number of carbonyl (C=O) groups is 1. The molecule has 0 fully saturated rings. The zero-order chi connectivity index (χ0) is 17.5. The Hall–Kier alpha value is -2.40. The summed E-state index contributed by atoms with van der Waals surface area (Å²) in [5.74, 6) is -0.591. The van der Waals surface area contributed by atoms with E-state index in [-0.39, 0.29) is 23.1 Å². The molecular weight excluding hydrogens is 338 g/mol. The lowest BCUT2D eigenvalue weighted by Crippen LogP contribution is -2.19. The van der Waals surface area contributed by atoms with Crippen LogP contribution in [0.2, 0.25) is 0 Å². The van der Waals surface area contributed by atoms with Crippen molar-refractivity contribution in [2.24, 2.45) is 14.1 Å². The van der Waals surface area contributed by atoms with Crippen molar-refractivity contribution in [1.82, 2.24) is 19.6 Å². The molecule has 0 bridgehead atoms. The number of rotatable bonds is 4. The fourth-order valence-electron chi connectivity index (χ4n) is 2.63. The first kappa shape index (κ1) is 16.5. The summed E-state index contributed by atoms with van der Waals surface area (Å²) < 4.78 is 40.3. The van der Waals surface area contributed by atoms with E-state index in [2.05, 4.69) is 19.7 Å². The van der Waals surface area contributed by atoms with Gasteiger partial charge in [-0.3, -0.25) is 14.1 Å². The molecule has 0 amide bonds. The van der Waals surface area contributed by atoms with Gasteiger partial charge in [-0.15, -0.1) is 0 Å². The Morgan fingerprint density at radius 2 is 2.08 bits per heavy atom. The maximum atomic E-state index is 12.7. The van der Waals surface area contributed by atoms with E-state index in [1.54, 1.807) is 7.05 Å². The number of sulfonamides is 1. The molecule has 0 aliphatic carbocycles. The average Bonchev–Trinajstić information content (AvgIpc) is 3.05. The third-order valence-corrected chi connectivity index (χ3v) is 5.17. The lowest BCUT2D eigenvalue weighted by molar-refractivity contribution is 0.0588. The highest BCUT2D eigenvalue weighted by molar-refractivity contribution is 7.92. The van der Waals surface area contributed by atoms with Gasteiger partial charge in [0.1, 0.15) is 5.69 Å². The molecule has 2 aromatic rings. The molecule has 11 heteroatoms. The summed E-state index contributed by atoms with van der Waals surface area (Å²) in [6.07, 6.45) is 0.564. The largest absolute Gasteiger partial charge is 0.464 e. The van der Waals surface area contributed by atoms with E-state index < -0.39 is 16.0 Å². The first-order valence-electron chi connectivity index (χ1n) is 7.11. The quantitative estimate of drug-likeness (QED) is 0.756. The Labute approximate surface area is 138 Å². The fourth-order valence-corrected chi connectivity index (χ4v) is 3.99. The number of ether oxygens (including phenoxy) is 2. The number of anilines is 1. The molecule has 0 spiro atoms. The first-order chi connectivity index (χ1) is 11.3. The SMILES string of the molecule is COC(=O)c1cc(NS(=O)(=O)c2c3c(nn2C)CCOC3)nn1C. The summed E-state index contributed by atoms with van der Waals surface area (Å²) in [5.41, 5.74) is 1.38. The van der Waals surface area contributed by atoms with Crippen LogP contribution in [0.25, 0.3) is 0 Å². The van der Waals surface area contributed by atoms with E-state index in [0.717, 1.165) is 0 Å². The number of methoxy groups -OCH3 is 1. The lowest BCUT2D eigenvalue weighted by atomic mass is 10.2. The van der Waals surface area contributed by atoms with Gasteiger partial charge in [-0.2, -0.15) is 18.6 Å². The molecule has 24 heavy (non-hydrogen) atoms. The van der Waals surface area contributed by atoms with E-state index in [0.29, 0.717) is 24.3 Å². The van der Waals surface area contributed by atoms with Crippen LogP contribution in [0.1, 0.15) is 21.7 Å². The van der Waals surface area contributed by atoms with E-state index >= 15 is 0 Å². The van der Waals surface area contributed by atoms with Crippen LogP contribution in [-0.2, 0) is 46.6 Å². The summed E-state index contributed by atoms with van der Waals surface area (Å²) in [7, 11) is 0.380. The number of nitrogens with zero attached hydrogens (tertiary/aromatic N) is 4. The highest BCUT2D eigenvalue weighted by atomic mass is 32.2. The average molecular weight is 355 g/mol. The zero-order valence-electron chi connectivity index (χ0n) is 13.4. The van der Waals surface area contributed by atoms with Crippen LogP contribution in [0.4, 0.5) is 5.82 Å². The van der Waals surface area contributed by atoms with Gasteiger partial charge in [-0.1, -0.05) is 0 Å². The molecule has 2 aromatic heterocycles. The van der Waals surface area contributed by atoms with Crippen LogP contribution in [0, 0.1) is 0 Å². The number of aromatic nitrogens is 4. The number of aryl methyl sites for hydroxylation is 2. The first-order valence-corrected chi connectivity index (χ1v) is 8.59. The van der Waals surface area contributed by atoms with E-state index in [1.165, 1.54) is 29.6 Å². The number of hydrogen-bond donors (Lipinski definition) is 1. The fraction of sp³-hybridized carbons (Fsp3) is 0.462. The molecule has 1 aliphatic heterocycles. The third kappa shape index (κ3) is 2.76. The molecule has 0 atom stereocenters. The number of esters is 1. The maximum Gasteiger partial charge on any atom is 0.356 e. The number of hydrogen-bond acceptors (Lipinski definition) is 7. The number of carbonyl (C=O) groups excluding carboxylic acids is 1.